The van der Waals surface area contributed by atoms with E-state index in [0.717, 1.165) is 5.56 Å². The number of furan rings is 1. The van der Waals surface area contributed by atoms with Crippen molar-refractivity contribution < 1.29 is 23.5 Å². The predicted octanol–water partition coefficient (Wildman–Crippen LogP) is 1.76. The molecule has 0 bridgehead atoms. The number of amides is 2. The highest BCUT2D eigenvalue weighted by molar-refractivity contribution is 7.12. The van der Waals surface area contributed by atoms with Crippen molar-refractivity contribution in [2.24, 2.45) is 0 Å². The van der Waals surface area contributed by atoms with Crippen LogP contribution in [-0.2, 0) is 9.53 Å². The Morgan fingerprint density at radius 3 is 2.75 bits per heavy atom. The number of hydrogen-bond donors (Lipinski definition) is 1. The summed E-state index contributed by atoms with van der Waals surface area (Å²) < 4.78 is 9.65. The molecule has 2 heterocycles. The van der Waals surface area contributed by atoms with E-state index in [1.54, 1.807) is 18.4 Å². The minimum absolute atomic E-state index is 0.0128. The molecule has 0 aromatic carbocycles. The van der Waals surface area contributed by atoms with Crippen molar-refractivity contribution in [2.75, 3.05) is 6.61 Å². The van der Waals surface area contributed by atoms with Crippen molar-refractivity contribution in [1.29, 1.82) is 0 Å². The molecule has 2 aromatic heterocycles. The van der Waals surface area contributed by atoms with Crippen LogP contribution in [0.4, 0.5) is 0 Å². The molecule has 1 N–H and O–H groups in total. The molecule has 2 aromatic rings. The summed E-state index contributed by atoms with van der Waals surface area (Å²) in [6.07, 6.45) is 1.32. The lowest BCUT2D eigenvalue weighted by molar-refractivity contribution is -0.123. The largest absolute Gasteiger partial charge is 0.459 e. The van der Waals surface area contributed by atoms with Gasteiger partial charge in [-0.15, -0.1) is 11.3 Å². The van der Waals surface area contributed by atoms with Crippen molar-refractivity contribution in [3.8, 4) is 0 Å². The second-order valence-corrected chi connectivity index (χ2v) is 4.78. The summed E-state index contributed by atoms with van der Waals surface area (Å²) in [7, 11) is 0. The maximum absolute atomic E-state index is 11.7. The summed E-state index contributed by atoms with van der Waals surface area (Å²) in [5, 5.41) is 3.81. The standard InChI is InChI=1S/C13H11NO5S/c1-8-4-6-20-11(8)13(17)19-7-10(15)14-12(16)9-3-2-5-18-9/h2-6H,7H2,1H3,(H,14,15,16). The van der Waals surface area contributed by atoms with E-state index in [2.05, 4.69) is 5.32 Å². The number of esters is 1. The lowest BCUT2D eigenvalue weighted by Crippen LogP contribution is -2.33. The van der Waals surface area contributed by atoms with Gasteiger partial charge in [0.25, 0.3) is 11.8 Å². The fourth-order valence-electron chi connectivity index (χ4n) is 1.41. The minimum Gasteiger partial charge on any atom is -0.459 e. The number of carbonyl (C=O) groups excluding carboxylic acids is 3. The van der Waals surface area contributed by atoms with Crippen molar-refractivity contribution >= 4 is 29.1 Å². The Balaban J connectivity index is 1.82. The summed E-state index contributed by atoms with van der Waals surface area (Å²) in [5.41, 5.74) is 0.784. The minimum atomic E-state index is -0.714. The SMILES string of the molecule is Cc1ccsc1C(=O)OCC(=O)NC(=O)c1ccco1. The molecule has 0 saturated heterocycles. The average Bonchev–Trinajstić information content (AvgIpc) is 3.06. The molecular weight excluding hydrogens is 282 g/mol. The highest BCUT2D eigenvalue weighted by Gasteiger charge is 2.16. The first kappa shape index (κ1) is 14.0. The molecule has 0 spiro atoms. The van der Waals surface area contributed by atoms with Crippen LogP contribution in [0.1, 0.15) is 25.8 Å². The van der Waals surface area contributed by atoms with Gasteiger partial charge >= 0.3 is 5.97 Å². The monoisotopic (exact) mass is 293 g/mol. The Hall–Kier alpha value is -2.41. The third-order valence-electron chi connectivity index (χ3n) is 2.38. The van der Waals surface area contributed by atoms with Gasteiger partial charge in [0.2, 0.25) is 0 Å². The molecule has 0 fully saturated rings. The molecule has 20 heavy (non-hydrogen) atoms. The van der Waals surface area contributed by atoms with Gasteiger partial charge in [-0.25, -0.2) is 4.79 Å². The molecule has 104 valence electrons. The van der Waals surface area contributed by atoms with Crippen molar-refractivity contribution in [3.05, 3.63) is 46.0 Å². The van der Waals surface area contributed by atoms with Crippen molar-refractivity contribution in [3.63, 3.8) is 0 Å². The van der Waals surface area contributed by atoms with E-state index in [-0.39, 0.29) is 5.76 Å². The number of aryl methyl sites for hydroxylation is 1. The first-order chi connectivity index (χ1) is 9.58. The van der Waals surface area contributed by atoms with Gasteiger partial charge in [-0.2, -0.15) is 0 Å². The number of nitrogens with one attached hydrogen (secondary N) is 1. The Bertz CT molecular complexity index is 629. The molecule has 0 aliphatic carbocycles. The van der Waals surface area contributed by atoms with E-state index in [1.807, 2.05) is 0 Å². The number of rotatable bonds is 4. The summed E-state index contributed by atoms with van der Waals surface area (Å²) in [4.78, 5) is 35.0. The first-order valence-electron chi connectivity index (χ1n) is 5.67. The van der Waals surface area contributed by atoms with Crippen LogP contribution in [0, 0.1) is 6.92 Å². The fraction of sp³-hybridized carbons (Fsp3) is 0.154. The van der Waals surface area contributed by atoms with E-state index in [1.165, 1.54) is 29.7 Å². The van der Waals surface area contributed by atoms with Crippen LogP contribution >= 0.6 is 11.3 Å². The quantitative estimate of drug-likeness (QED) is 0.868. The van der Waals surface area contributed by atoms with Crippen LogP contribution in [0.5, 0.6) is 0 Å². The Morgan fingerprint density at radius 2 is 2.15 bits per heavy atom. The third kappa shape index (κ3) is 3.33. The molecule has 2 amide bonds. The number of thiophene rings is 1. The van der Waals surface area contributed by atoms with E-state index >= 15 is 0 Å². The summed E-state index contributed by atoms with van der Waals surface area (Å²) >= 11 is 1.23. The number of carbonyl (C=O) groups is 3. The zero-order chi connectivity index (χ0) is 14.5. The second-order valence-electron chi connectivity index (χ2n) is 3.86. The normalized spacial score (nSPS) is 10.1. The Morgan fingerprint density at radius 1 is 1.35 bits per heavy atom. The van der Waals surface area contributed by atoms with E-state index < -0.39 is 24.4 Å². The van der Waals surface area contributed by atoms with Gasteiger partial charge < -0.3 is 9.15 Å². The summed E-state index contributed by atoms with van der Waals surface area (Å²) in [5.74, 6) is -1.96. The molecule has 7 heteroatoms. The maximum Gasteiger partial charge on any atom is 0.349 e. The van der Waals surface area contributed by atoms with Gasteiger partial charge in [0, 0.05) is 0 Å². The van der Waals surface area contributed by atoms with Gasteiger partial charge in [-0.05, 0) is 36.1 Å². The number of hydrogen-bond acceptors (Lipinski definition) is 6. The molecule has 6 nitrogen and oxygen atoms in total. The van der Waals surface area contributed by atoms with Gasteiger partial charge in [0.15, 0.2) is 12.4 Å². The molecule has 0 aliphatic heterocycles. The van der Waals surface area contributed by atoms with Crippen LogP contribution in [0.25, 0.3) is 0 Å². The Kier molecular flexibility index (Phi) is 4.31. The van der Waals surface area contributed by atoms with E-state index in [0.29, 0.717) is 4.88 Å². The van der Waals surface area contributed by atoms with Crippen LogP contribution in [-0.4, -0.2) is 24.4 Å². The highest BCUT2D eigenvalue weighted by atomic mass is 32.1. The van der Waals surface area contributed by atoms with Gasteiger partial charge in [0.05, 0.1) is 6.26 Å². The topological polar surface area (TPSA) is 85.6 Å². The lowest BCUT2D eigenvalue weighted by atomic mass is 10.3. The molecule has 2 rings (SSSR count). The van der Waals surface area contributed by atoms with E-state index in [9.17, 15) is 14.4 Å². The molecule has 0 unspecified atom stereocenters. The first-order valence-corrected chi connectivity index (χ1v) is 6.55. The zero-order valence-corrected chi connectivity index (χ0v) is 11.4. The summed E-state index contributed by atoms with van der Waals surface area (Å²) in [6.45, 7) is 1.25. The van der Waals surface area contributed by atoms with Crippen LogP contribution in [0.15, 0.2) is 34.3 Å². The van der Waals surface area contributed by atoms with Crippen LogP contribution < -0.4 is 5.32 Å². The smallest absolute Gasteiger partial charge is 0.349 e. The van der Waals surface area contributed by atoms with Gasteiger partial charge in [0.1, 0.15) is 4.88 Å². The molecule has 0 radical (unpaired) electrons. The second kappa shape index (κ2) is 6.16. The number of ether oxygens (including phenoxy) is 1. The molecular formula is C13H11NO5S. The fourth-order valence-corrected chi connectivity index (χ4v) is 2.23. The lowest BCUT2D eigenvalue weighted by Gasteiger charge is -2.04. The highest BCUT2D eigenvalue weighted by Crippen LogP contribution is 2.16. The maximum atomic E-state index is 11.7. The molecule has 0 aliphatic rings. The van der Waals surface area contributed by atoms with Gasteiger partial charge in [-0.1, -0.05) is 0 Å². The molecule has 0 saturated carbocycles. The van der Waals surface area contributed by atoms with Crippen molar-refractivity contribution in [2.45, 2.75) is 6.92 Å². The average molecular weight is 293 g/mol. The van der Waals surface area contributed by atoms with E-state index in [4.69, 9.17) is 9.15 Å². The number of imide groups is 1. The third-order valence-corrected chi connectivity index (χ3v) is 3.38. The summed E-state index contributed by atoms with van der Waals surface area (Å²) in [6, 6.07) is 4.73. The van der Waals surface area contributed by atoms with Gasteiger partial charge in [-0.3, -0.25) is 14.9 Å². The Labute approximate surface area is 118 Å². The van der Waals surface area contributed by atoms with Crippen LogP contribution in [0.2, 0.25) is 0 Å². The van der Waals surface area contributed by atoms with Crippen molar-refractivity contribution in [1.82, 2.24) is 5.32 Å². The van der Waals surface area contributed by atoms with Crippen LogP contribution in [0.3, 0.4) is 0 Å². The molecule has 0 atom stereocenters. The predicted molar refractivity (Wildman–Crippen MR) is 70.5 cm³/mol. The zero-order valence-electron chi connectivity index (χ0n) is 10.5.